The fraction of sp³-hybridized carbons (Fsp3) is 0.120. The SMILES string of the molecule is CCc1ccc(NC(=O)c2cc(-c3ccc(C)cc3)nc3ccccc23)cc1. The minimum atomic E-state index is -0.129. The maximum absolute atomic E-state index is 13.1. The van der Waals surface area contributed by atoms with Gasteiger partial charge < -0.3 is 5.32 Å². The average Bonchev–Trinajstić information content (AvgIpc) is 2.74. The summed E-state index contributed by atoms with van der Waals surface area (Å²) < 4.78 is 0. The first-order chi connectivity index (χ1) is 13.6. The molecule has 1 N–H and O–H groups in total. The Balaban J connectivity index is 1.75. The molecule has 0 spiro atoms. The highest BCUT2D eigenvalue weighted by atomic mass is 16.1. The molecule has 4 rings (SSSR count). The standard InChI is InChI=1S/C25H22N2O/c1-3-18-10-14-20(15-11-18)26-25(28)22-16-24(19-12-8-17(2)9-13-19)27-23-7-5-4-6-21(22)23/h4-16H,3H2,1-2H3,(H,26,28). The number of hydrogen-bond donors (Lipinski definition) is 1. The molecule has 0 aliphatic heterocycles. The van der Waals surface area contributed by atoms with Crippen molar-refractivity contribution in [1.29, 1.82) is 0 Å². The summed E-state index contributed by atoms with van der Waals surface area (Å²) in [5.41, 5.74) is 6.46. The summed E-state index contributed by atoms with van der Waals surface area (Å²) in [5.74, 6) is -0.129. The van der Waals surface area contributed by atoms with Crippen LogP contribution in [0.3, 0.4) is 0 Å². The van der Waals surface area contributed by atoms with Crippen molar-refractivity contribution in [3.05, 3.63) is 95.6 Å². The van der Waals surface area contributed by atoms with Crippen LogP contribution in [0.4, 0.5) is 5.69 Å². The van der Waals surface area contributed by atoms with E-state index in [1.54, 1.807) is 0 Å². The highest BCUT2D eigenvalue weighted by Crippen LogP contribution is 2.26. The van der Waals surface area contributed by atoms with E-state index in [9.17, 15) is 4.79 Å². The van der Waals surface area contributed by atoms with E-state index in [2.05, 4.69) is 31.3 Å². The van der Waals surface area contributed by atoms with Crippen molar-refractivity contribution >= 4 is 22.5 Å². The third kappa shape index (κ3) is 3.65. The quantitative estimate of drug-likeness (QED) is 0.479. The van der Waals surface area contributed by atoms with Crippen molar-refractivity contribution in [3.8, 4) is 11.3 Å². The predicted octanol–water partition coefficient (Wildman–Crippen LogP) is 6.02. The van der Waals surface area contributed by atoms with Gasteiger partial charge in [-0.05, 0) is 43.2 Å². The molecule has 0 saturated heterocycles. The number of aryl methyl sites for hydroxylation is 2. The highest BCUT2D eigenvalue weighted by molar-refractivity contribution is 6.13. The first-order valence-corrected chi connectivity index (χ1v) is 9.51. The number of benzene rings is 3. The molecular weight excluding hydrogens is 344 g/mol. The van der Waals surface area contributed by atoms with Crippen LogP contribution in [0.1, 0.15) is 28.4 Å². The number of amides is 1. The highest BCUT2D eigenvalue weighted by Gasteiger charge is 2.14. The van der Waals surface area contributed by atoms with Crippen LogP contribution in [0.2, 0.25) is 0 Å². The summed E-state index contributed by atoms with van der Waals surface area (Å²) in [7, 11) is 0. The van der Waals surface area contributed by atoms with E-state index < -0.39 is 0 Å². The van der Waals surface area contributed by atoms with Gasteiger partial charge in [0.15, 0.2) is 0 Å². The fourth-order valence-corrected chi connectivity index (χ4v) is 3.26. The van der Waals surface area contributed by atoms with Gasteiger partial charge in [0.05, 0.1) is 16.8 Å². The molecule has 4 aromatic rings. The number of rotatable bonds is 4. The van der Waals surface area contributed by atoms with Gasteiger partial charge in [-0.3, -0.25) is 4.79 Å². The van der Waals surface area contributed by atoms with E-state index in [-0.39, 0.29) is 5.91 Å². The van der Waals surface area contributed by atoms with E-state index in [1.807, 2.05) is 66.7 Å². The van der Waals surface area contributed by atoms with Gasteiger partial charge in [0, 0.05) is 16.6 Å². The molecule has 138 valence electrons. The Morgan fingerprint density at radius 2 is 1.64 bits per heavy atom. The van der Waals surface area contributed by atoms with Gasteiger partial charge in [0.1, 0.15) is 0 Å². The Hall–Kier alpha value is -3.46. The molecule has 0 atom stereocenters. The van der Waals surface area contributed by atoms with Crippen molar-refractivity contribution in [2.24, 2.45) is 0 Å². The van der Waals surface area contributed by atoms with Crippen molar-refractivity contribution in [2.45, 2.75) is 20.3 Å². The van der Waals surface area contributed by atoms with Gasteiger partial charge in [-0.2, -0.15) is 0 Å². The Morgan fingerprint density at radius 1 is 0.929 bits per heavy atom. The number of para-hydroxylation sites is 1. The van der Waals surface area contributed by atoms with Gasteiger partial charge in [0.25, 0.3) is 5.91 Å². The number of carbonyl (C=O) groups is 1. The lowest BCUT2D eigenvalue weighted by molar-refractivity contribution is 0.102. The monoisotopic (exact) mass is 366 g/mol. The molecule has 1 heterocycles. The molecule has 0 radical (unpaired) electrons. The van der Waals surface area contributed by atoms with E-state index in [4.69, 9.17) is 4.98 Å². The minimum absolute atomic E-state index is 0.129. The van der Waals surface area contributed by atoms with Gasteiger partial charge >= 0.3 is 0 Å². The maximum atomic E-state index is 13.1. The fourth-order valence-electron chi connectivity index (χ4n) is 3.26. The average molecular weight is 366 g/mol. The zero-order valence-electron chi connectivity index (χ0n) is 16.1. The molecule has 28 heavy (non-hydrogen) atoms. The molecule has 0 saturated carbocycles. The van der Waals surface area contributed by atoms with Crippen LogP contribution in [0.15, 0.2) is 78.9 Å². The van der Waals surface area contributed by atoms with E-state index in [0.717, 1.165) is 34.3 Å². The second-order valence-electron chi connectivity index (χ2n) is 6.94. The number of pyridine rings is 1. The number of anilines is 1. The van der Waals surface area contributed by atoms with Crippen molar-refractivity contribution < 1.29 is 4.79 Å². The molecule has 3 heteroatoms. The number of nitrogens with one attached hydrogen (secondary N) is 1. The third-order valence-corrected chi connectivity index (χ3v) is 4.93. The van der Waals surface area contributed by atoms with Crippen molar-refractivity contribution in [3.63, 3.8) is 0 Å². The lowest BCUT2D eigenvalue weighted by Gasteiger charge is -2.11. The molecule has 3 nitrogen and oxygen atoms in total. The van der Waals surface area contributed by atoms with Crippen LogP contribution in [0, 0.1) is 6.92 Å². The van der Waals surface area contributed by atoms with Gasteiger partial charge in [-0.15, -0.1) is 0 Å². The van der Waals surface area contributed by atoms with Crippen LogP contribution in [0.25, 0.3) is 22.2 Å². The largest absolute Gasteiger partial charge is 0.322 e. The zero-order chi connectivity index (χ0) is 19.5. The maximum Gasteiger partial charge on any atom is 0.256 e. The molecule has 3 aromatic carbocycles. The summed E-state index contributed by atoms with van der Waals surface area (Å²) in [5, 5.41) is 3.87. The summed E-state index contributed by atoms with van der Waals surface area (Å²) in [6.45, 7) is 4.17. The van der Waals surface area contributed by atoms with E-state index >= 15 is 0 Å². The Morgan fingerprint density at radius 3 is 2.36 bits per heavy atom. The topological polar surface area (TPSA) is 42.0 Å². The predicted molar refractivity (Wildman–Crippen MR) is 116 cm³/mol. The third-order valence-electron chi connectivity index (χ3n) is 4.93. The van der Waals surface area contributed by atoms with Crippen LogP contribution < -0.4 is 5.32 Å². The second-order valence-corrected chi connectivity index (χ2v) is 6.94. The number of hydrogen-bond acceptors (Lipinski definition) is 2. The number of carbonyl (C=O) groups excluding carboxylic acids is 1. The number of aromatic nitrogens is 1. The smallest absolute Gasteiger partial charge is 0.256 e. The Kier molecular flexibility index (Phi) is 4.90. The summed E-state index contributed by atoms with van der Waals surface area (Å²) >= 11 is 0. The first kappa shape index (κ1) is 17.9. The normalized spacial score (nSPS) is 10.8. The lowest BCUT2D eigenvalue weighted by atomic mass is 10.0. The van der Waals surface area contributed by atoms with E-state index in [1.165, 1.54) is 11.1 Å². The minimum Gasteiger partial charge on any atom is -0.322 e. The molecule has 0 aliphatic rings. The molecule has 0 fully saturated rings. The zero-order valence-corrected chi connectivity index (χ0v) is 16.1. The summed E-state index contributed by atoms with van der Waals surface area (Å²) in [6, 6.07) is 25.8. The summed E-state index contributed by atoms with van der Waals surface area (Å²) in [6.07, 6.45) is 0.975. The Labute approximate surface area is 165 Å². The lowest BCUT2D eigenvalue weighted by Crippen LogP contribution is -2.13. The van der Waals surface area contributed by atoms with Crippen LogP contribution in [-0.2, 0) is 6.42 Å². The number of nitrogens with zero attached hydrogens (tertiary/aromatic N) is 1. The van der Waals surface area contributed by atoms with Crippen molar-refractivity contribution in [2.75, 3.05) is 5.32 Å². The number of fused-ring (bicyclic) bond motifs is 1. The van der Waals surface area contributed by atoms with Crippen molar-refractivity contribution in [1.82, 2.24) is 4.98 Å². The van der Waals surface area contributed by atoms with Gasteiger partial charge in [-0.1, -0.05) is 67.1 Å². The molecule has 0 unspecified atom stereocenters. The summed E-state index contributed by atoms with van der Waals surface area (Å²) in [4.78, 5) is 17.8. The van der Waals surface area contributed by atoms with Gasteiger partial charge in [-0.25, -0.2) is 4.98 Å². The van der Waals surface area contributed by atoms with Crippen LogP contribution in [0.5, 0.6) is 0 Å². The molecular formula is C25H22N2O. The molecule has 0 bridgehead atoms. The van der Waals surface area contributed by atoms with Gasteiger partial charge in [0.2, 0.25) is 0 Å². The van der Waals surface area contributed by atoms with Crippen LogP contribution in [-0.4, -0.2) is 10.9 Å². The van der Waals surface area contributed by atoms with Crippen LogP contribution >= 0.6 is 0 Å². The van der Waals surface area contributed by atoms with E-state index in [0.29, 0.717) is 5.56 Å². The second kappa shape index (κ2) is 7.65. The molecule has 1 amide bonds. The first-order valence-electron chi connectivity index (χ1n) is 9.51. The molecule has 0 aliphatic carbocycles. The Bertz CT molecular complexity index is 1130. The molecule has 1 aromatic heterocycles.